The van der Waals surface area contributed by atoms with E-state index in [-0.39, 0.29) is 0 Å². The molecule has 0 aliphatic carbocycles. The Hall–Kier alpha value is 0.483. The molecule has 10 heavy (non-hydrogen) atoms. The maximum atomic E-state index is 5.75. The molecule has 0 atom stereocenters. The van der Waals surface area contributed by atoms with Gasteiger partial charge >= 0.3 is 85.2 Å². The average Bonchev–Trinajstić information content (AvgIpc) is 1.95. The summed E-state index contributed by atoms with van der Waals surface area (Å²) < 4.78 is 5.00. The van der Waals surface area contributed by atoms with Gasteiger partial charge in [-0.1, -0.05) is 0 Å². The molecular weight excluding hydrogens is 250 g/mol. The molecule has 0 N–H and O–H groups in total. The Morgan fingerprint density at radius 1 is 1.30 bits per heavy atom. The van der Waals surface area contributed by atoms with Crippen molar-refractivity contribution in [1.29, 1.82) is 0 Å². The fourth-order valence-electron chi connectivity index (χ4n) is 0.563. The molecular formula is C6H3Cl2OZr. The van der Waals surface area contributed by atoms with Crippen molar-refractivity contribution in [3.8, 4) is 5.75 Å². The topological polar surface area (TPSA) is 9.23 Å². The Bertz CT molecular complexity index is 239. The van der Waals surface area contributed by atoms with Gasteiger partial charge < -0.3 is 0 Å². The van der Waals surface area contributed by atoms with E-state index in [9.17, 15) is 0 Å². The zero-order valence-corrected chi connectivity index (χ0v) is 8.87. The van der Waals surface area contributed by atoms with Crippen molar-refractivity contribution in [3.05, 3.63) is 28.2 Å². The van der Waals surface area contributed by atoms with Crippen LogP contribution >= 0.6 is 23.2 Å². The van der Waals surface area contributed by atoms with Crippen LogP contribution in [0.5, 0.6) is 5.75 Å². The molecule has 4 heteroatoms. The Kier molecular flexibility index (Phi) is 3.22. The molecule has 0 fully saturated rings. The van der Waals surface area contributed by atoms with Crippen molar-refractivity contribution in [2.45, 2.75) is 0 Å². The summed E-state index contributed by atoms with van der Waals surface area (Å²) in [4.78, 5) is 0. The zero-order chi connectivity index (χ0) is 7.56. The summed E-state index contributed by atoms with van der Waals surface area (Å²) >= 11 is 12.4. The minimum atomic E-state index is 0.487. The van der Waals surface area contributed by atoms with Gasteiger partial charge in [0.2, 0.25) is 0 Å². The third kappa shape index (κ3) is 1.75. The second-order valence-corrected chi connectivity index (χ2v) is 2.94. The first-order valence-electron chi connectivity index (χ1n) is 2.53. The summed E-state index contributed by atoms with van der Waals surface area (Å²) in [5.74, 6) is 0.646. The number of hydrogen-bond acceptors (Lipinski definition) is 1. The molecule has 0 unspecified atom stereocenters. The van der Waals surface area contributed by atoms with E-state index >= 15 is 0 Å². The van der Waals surface area contributed by atoms with Gasteiger partial charge in [0.1, 0.15) is 0 Å². The van der Waals surface area contributed by atoms with Gasteiger partial charge in [0, 0.05) is 0 Å². The normalized spacial score (nSPS) is 9.30. The summed E-state index contributed by atoms with van der Waals surface area (Å²) in [6, 6.07) is 5.30. The average molecular weight is 253 g/mol. The number of hydrogen-bond donors (Lipinski definition) is 0. The van der Waals surface area contributed by atoms with Crippen molar-refractivity contribution in [1.82, 2.24) is 0 Å². The molecule has 1 aromatic carbocycles. The van der Waals surface area contributed by atoms with E-state index in [2.05, 4.69) is 0 Å². The van der Waals surface area contributed by atoms with E-state index in [4.69, 9.17) is 26.0 Å². The first kappa shape index (κ1) is 8.58. The first-order valence-corrected chi connectivity index (χ1v) is 4.29. The number of rotatable bonds is 1. The van der Waals surface area contributed by atoms with E-state index in [0.29, 0.717) is 15.8 Å². The van der Waals surface area contributed by atoms with Crippen LogP contribution in [-0.4, -0.2) is 0 Å². The zero-order valence-electron chi connectivity index (χ0n) is 4.90. The van der Waals surface area contributed by atoms with Crippen LogP contribution in [0.4, 0.5) is 0 Å². The molecule has 1 aromatic rings. The molecule has 0 saturated heterocycles. The second kappa shape index (κ2) is 3.75. The van der Waals surface area contributed by atoms with Gasteiger partial charge in [-0.15, -0.1) is 0 Å². The minimum absolute atomic E-state index is 0.487. The second-order valence-electron chi connectivity index (χ2n) is 1.65. The summed E-state index contributed by atoms with van der Waals surface area (Å²) in [6.45, 7) is 0. The standard InChI is InChI=1S/C6H4Cl2O.Zr/c7-4-2-1-3-5(9)6(4)8;/h1-3,9H;/q;+1/p-1. The summed E-state index contributed by atoms with van der Waals surface area (Å²) in [5, 5.41) is 1.02. The Labute approximate surface area is 84.7 Å². The van der Waals surface area contributed by atoms with Crippen LogP contribution in [0.2, 0.25) is 10.0 Å². The van der Waals surface area contributed by atoms with Crippen LogP contribution in [0, 0.1) is 0 Å². The Morgan fingerprint density at radius 3 is 2.50 bits per heavy atom. The first-order chi connectivity index (χ1) is 4.75. The van der Waals surface area contributed by atoms with Gasteiger partial charge in [0.25, 0.3) is 0 Å². The molecule has 0 spiro atoms. The maximum absolute atomic E-state index is 5.75. The van der Waals surface area contributed by atoms with Crippen LogP contribution < -0.4 is 2.81 Å². The Morgan fingerprint density at radius 2 is 2.00 bits per heavy atom. The molecule has 0 aromatic heterocycles. The number of benzene rings is 1. The van der Waals surface area contributed by atoms with Crippen LogP contribution in [0.15, 0.2) is 18.2 Å². The van der Waals surface area contributed by atoms with E-state index in [0.717, 1.165) is 25.2 Å². The van der Waals surface area contributed by atoms with E-state index in [1.54, 1.807) is 18.2 Å². The van der Waals surface area contributed by atoms with Crippen LogP contribution in [0.25, 0.3) is 0 Å². The third-order valence-electron chi connectivity index (χ3n) is 1.03. The van der Waals surface area contributed by atoms with E-state index in [1.807, 2.05) is 0 Å². The third-order valence-corrected chi connectivity index (χ3v) is 2.37. The van der Waals surface area contributed by atoms with Crippen LogP contribution in [0.1, 0.15) is 0 Å². The molecule has 0 aliphatic rings. The van der Waals surface area contributed by atoms with Crippen molar-refractivity contribution >= 4 is 23.2 Å². The molecule has 1 rings (SSSR count). The predicted octanol–water partition coefficient (Wildman–Crippen LogP) is 2.83. The van der Waals surface area contributed by atoms with E-state index in [1.165, 1.54) is 0 Å². The summed E-state index contributed by atoms with van der Waals surface area (Å²) in [7, 11) is 0. The van der Waals surface area contributed by atoms with Gasteiger partial charge in [0.05, 0.1) is 0 Å². The summed E-state index contributed by atoms with van der Waals surface area (Å²) in [6.07, 6.45) is 0. The van der Waals surface area contributed by atoms with Crippen LogP contribution in [-0.2, 0) is 25.2 Å². The monoisotopic (exact) mass is 251 g/mol. The molecule has 0 bridgehead atoms. The SMILES string of the molecule is Clc1cccc([O][Zr])c1Cl. The number of halogens is 2. The van der Waals surface area contributed by atoms with Gasteiger partial charge in [0.15, 0.2) is 0 Å². The Balaban J connectivity index is 3.14. The predicted molar refractivity (Wildman–Crippen MR) is 37.1 cm³/mol. The van der Waals surface area contributed by atoms with Crippen LogP contribution in [0.3, 0.4) is 0 Å². The van der Waals surface area contributed by atoms with Gasteiger partial charge in [-0.05, 0) is 0 Å². The van der Waals surface area contributed by atoms with Gasteiger partial charge in [-0.3, -0.25) is 0 Å². The fourth-order valence-corrected chi connectivity index (χ4v) is 1.47. The van der Waals surface area contributed by atoms with Crippen molar-refractivity contribution in [3.63, 3.8) is 0 Å². The van der Waals surface area contributed by atoms with Gasteiger partial charge in [-0.25, -0.2) is 0 Å². The molecule has 1 nitrogen and oxygen atoms in total. The molecule has 0 amide bonds. The molecule has 0 radical (unpaired) electrons. The van der Waals surface area contributed by atoms with Crippen molar-refractivity contribution in [2.75, 3.05) is 0 Å². The summed E-state index contributed by atoms with van der Waals surface area (Å²) in [5.41, 5.74) is 0. The molecule has 0 aliphatic heterocycles. The van der Waals surface area contributed by atoms with Crippen molar-refractivity contribution in [2.24, 2.45) is 0 Å². The van der Waals surface area contributed by atoms with Gasteiger partial charge in [-0.2, -0.15) is 0 Å². The van der Waals surface area contributed by atoms with Crippen molar-refractivity contribution < 1.29 is 28.0 Å². The molecule has 0 heterocycles. The molecule has 51 valence electrons. The fraction of sp³-hybridized carbons (Fsp3) is 0. The quantitative estimate of drug-likeness (QED) is 0.747. The van der Waals surface area contributed by atoms with E-state index < -0.39 is 0 Å². The molecule has 0 saturated carbocycles.